The van der Waals surface area contributed by atoms with Crippen molar-refractivity contribution in [2.75, 3.05) is 0 Å². The van der Waals surface area contributed by atoms with Crippen LogP contribution in [0.25, 0.3) is 0 Å². The molecular formula is C12H15F2NO. The van der Waals surface area contributed by atoms with Crippen LogP contribution in [0, 0.1) is 11.6 Å². The zero-order chi connectivity index (χ0) is 12.3. The maximum Gasteiger partial charge on any atom is 0.185 e. The Labute approximate surface area is 93.5 Å². The number of hydrogen-bond acceptors (Lipinski definition) is 2. The first-order valence-electron chi connectivity index (χ1n) is 5.23. The number of nitrogens with two attached hydrogens (primary N) is 1. The van der Waals surface area contributed by atoms with Crippen molar-refractivity contribution in [1.29, 1.82) is 0 Å². The van der Waals surface area contributed by atoms with Crippen LogP contribution in [-0.2, 0) is 0 Å². The van der Waals surface area contributed by atoms with Gasteiger partial charge in [-0.05, 0) is 31.0 Å². The van der Waals surface area contributed by atoms with Crippen LogP contribution in [0.15, 0.2) is 18.2 Å². The molecule has 1 aromatic carbocycles. The fourth-order valence-electron chi connectivity index (χ4n) is 1.51. The van der Waals surface area contributed by atoms with Crippen LogP contribution in [0.5, 0.6) is 0 Å². The third-order valence-corrected chi connectivity index (χ3v) is 2.89. The number of benzene rings is 1. The van der Waals surface area contributed by atoms with Crippen molar-refractivity contribution >= 4 is 5.78 Å². The Morgan fingerprint density at radius 3 is 2.38 bits per heavy atom. The van der Waals surface area contributed by atoms with E-state index >= 15 is 0 Å². The molecule has 0 aromatic heterocycles. The molecule has 0 bridgehead atoms. The molecule has 0 saturated carbocycles. The van der Waals surface area contributed by atoms with Crippen LogP contribution < -0.4 is 5.73 Å². The van der Waals surface area contributed by atoms with Crippen LogP contribution in [0.1, 0.15) is 37.0 Å². The lowest BCUT2D eigenvalue weighted by Gasteiger charge is -2.25. The number of carbonyl (C=O) groups excluding carboxylic acids is 1. The van der Waals surface area contributed by atoms with Gasteiger partial charge >= 0.3 is 0 Å². The lowest BCUT2D eigenvalue weighted by atomic mass is 9.85. The Kier molecular flexibility index (Phi) is 3.75. The smallest absolute Gasteiger partial charge is 0.185 e. The van der Waals surface area contributed by atoms with Gasteiger partial charge in [-0.25, -0.2) is 8.78 Å². The highest BCUT2D eigenvalue weighted by molar-refractivity contribution is 6.03. The van der Waals surface area contributed by atoms with Gasteiger partial charge in [0.1, 0.15) is 11.6 Å². The van der Waals surface area contributed by atoms with E-state index < -0.39 is 23.0 Å². The third kappa shape index (κ3) is 2.27. The third-order valence-electron chi connectivity index (χ3n) is 2.89. The van der Waals surface area contributed by atoms with E-state index in [2.05, 4.69) is 0 Å². The second-order valence-corrected chi connectivity index (χ2v) is 3.82. The summed E-state index contributed by atoms with van der Waals surface area (Å²) in [5, 5.41) is 0. The van der Waals surface area contributed by atoms with E-state index in [-0.39, 0.29) is 5.56 Å². The predicted molar refractivity (Wildman–Crippen MR) is 58.2 cm³/mol. The number of rotatable bonds is 4. The van der Waals surface area contributed by atoms with Crippen LogP contribution in [0.2, 0.25) is 0 Å². The van der Waals surface area contributed by atoms with Gasteiger partial charge in [-0.15, -0.1) is 0 Å². The summed E-state index contributed by atoms with van der Waals surface area (Å²) in [7, 11) is 0. The van der Waals surface area contributed by atoms with Crippen molar-refractivity contribution in [3.05, 3.63) is 35.4 Å². The molecule has 4 heteroatoms. The molecule has 88 valence electrons. The van der Waals surface area contributed by atoms with Crippen molar-refractivity contribution < 1.29 is 13.6 Å². The Morgan fingerprint density at radius 2 is 1.88 bits per heavy atom. The van der Waals surface area contributed by atoms with Crippen molar-refractivity contribution in [2.24, 2.45) is 5.73 Å². The predicted octanol–water partition coefficient (Wildman–Crippen LogP) is 2.67. The summed E-state index contributed by atoms with van der Waals surface area (Å²) in [5.74, 6) is -1.92. The van der Waals surface area contributed by atoms with E-state index in [1.54, 1.807) is 13.8 Å². The highest BCUT2D eigenvalue weighted by Gasteiger charge is 2.32. The van der Waals surface area contributed by atoms with Crippen LogP contribution in [-0.4, -0.2) is 11.3 Å². The zero-order valence-corrected chi connectivity index (χ0v) is 9.39. The summed E-state index contributed by atoms with van der Waals surface area (Å²) in [6.45, 7) is 3.50. The monoisotopic (exact) mass is 227 g/mol. The topological polar surface area (TPSA) is 43.1 Å². The highest BCUT2D eigenvalue weighted by Crippen LogP contribution is 2.21. The molecule has 0 amide bonds. The molecule has 2 N–H and O–H groups in total. The molecule has 0 heterocycles. The number of halogens is 2. The second-order valence-electron chi connectivity index (χ2n) is 3.82. The Bertz CT molecular complexity index is 400. The second kappa shape index (κ2) is 4.70. The van der Waals surface area contributed by atoms with Crippen molar-refractivity contribution in [1.82, 2.24) is 0 Å². The van der Waals surface area contributed by atoms with Crippen molar-refractivity contribution in [3.8, 4) is 0 Å². The quantitative estimate of drug-likeness (QED) is 0.803. The van der Waals surface area contributed by atoms with Gasteiger partial charge in [0.2, 0.25) is 0 Å². The molecular weight excluding hydrogens is 212 g/mol. The maximum absolute atomic E-state index is 13.4. The molecule has 0 spiro atoms. The van der Waals surface area contributed by atoms with Gasteiger partial charge in [-0.3, -0.25) is 4.79 Å². The molecule has 1 rings (SSSR count). The van der Waals surface area contributed by atoms with Gasteiger partial charge in [0.05, 0.1) is 11.1 Å². The van der Waals surface area contributed by atoms with Crippen molar-refractivity contribution in [3.63, 3.8) is 0 Å². The fraction of sp³-hybridized carbons (Fsp3) is 0.417. The molecule has 1 aromatic rings. The highest BCUT2D eigenvalue weighted by atomic mass is 19.1. The Morgan fingerprint density at radius 1 is 1.31 bits per heavy atom. The summed E-state index contributed by atoms with van der Waals surface area (Å²) in [6.07, 6.45) is 0.774. The number of hydrogen-bond donors (Lipinski definition) is 1. The Hall–Kier alpha value is -1.29. The van der Waals surface area contributed by atoms with Crippen LogP contribution in [0.4, 0.5) is 8.78 Å². The average molecular weight is 227 g/mol. The first-order valence-corrected chi connectivity index (χ1v) is 5.23. The molecule has 2 nitrogen and oxygen atoms in total. The van der Waals surface area contributed by atoms with E-state index in [0.29, 0.717) is 12.8 Å². The van der Waals surface area contributed by atoms with E-state index in [9.17, 15) is 13.6 Å². The van der Waals surface area contributed by atoms with Crippen molar-refractivity contribution in [2.45, 2.75) is 32.2 Å². The summed E-state index contributed by atoms with van der Waals surface area (Å²) in [4.78, 5) is 12.0. The molecule has 0 atom stereocenters. The summed E-state index contributed by atoms with van der Waals surface area (Å²) in [5.41, 5.74) is 4.46. The first-order chi connectivity index (χ1) is 7.44. The van der Waals surface area contributed by atoms with Gasteiger partial charge in [-0.1, -0.05) is 13.8 Å². The molecule has 0 aliphatic carbocycles. The Balaban J connectivity index is 3.18. The standard InChI is InChI=1S/C12H15F2NO/c1-3-12(15,4-2)11(16)9-7-8(13)5-6-10(9)14/h5-7H,3-4,15H2,1-2H3. The molecule has 0 unspecified atom stereocenters. The molecule has 16 heavy (non-hydrogen) atoms. The lowest BCUT2D eigenvalue weighted by molar-refractivity contribution is 0.0874. The number of Topliss-reactive ketones (excluding diaryl/α,β-unsaturated/α-hetero) is 1. The SMILES string of the molecule is CCC(N)(CC)C(=O)c1cc(F)ccc1F. The van der Waals surface area contributed by atoms with Gasteiger partial charge in [-0.2, -0.15) is 0 Å². The average Bonchev–Trinajstić information content (AvgIpc) is 2.30. The summed E-state index contributed by atoms with van der Waals surface area (Å²) in [6, 6.07) is 2.81. The van der Waals surface area contributed by atoms with Gasteiger partial charge in [0, 0.05) is 0 Å². The van der Waals surface area contributed by atoms with Gasteiger partial charge in [0.25, 0.3) is 0 Å². The van der Waals surface area contributed by atoms with Gasteiger partial charge in [0.15, 0.2) is 5.78 Å². The van der Waals surface area contributed by atoms with Crippen LogP contribution >= 0.6 is 0 Å². The minimum atomic E-state index is -1.12. The lowest BCUT2D eigenvalue weighted by Crippen LogP contribution is -2.47. The first kappa shape index (κ1) is 12.8. The van der Waals surface area contributed by atoms with E-state index in [4.69, 9.17) is 5.73 Å². The molecule has 0 radical (unpaired) electrons. The minimum absolute atomic E-state index is 0.272. The largest absolute Gasteiger partial charge is 0.319 e. The zero-order valence-electron chi connectivity index (χ0n) is 9.39. The molecule has 0 saturated heterocycles. The van der Waals surface area contributed by atoms with E-state index in [1.807, 2.05) is 0 Å². The van der Waals surface area contributed by atoms with E-state index in [1.165, 1.54) is 0 Å². The number of carbonyl (C=O) groups is 1. The normalized spacial score (nSPS) is 11.6. The molecule has 0 aliphatic rings. The molecule has 0 fully saturated rings. The summed E-state index contributed by atoms with van der Waals surface area (Å²) < 4.78 is 26.3. The fourth-order valence-corrected chi connectivity index (χ4v) is 1.51. The maximum atomic E-state index is 13.4. The summed E-state index contributed by atoms with van der Waals surface area (Å²) >= 11 is 0. The minimum Gasteiger partial charge on any atom is -0.319 e. The van der Waals surface area contributed by atoms with Gasteiger partial charge < -0.3 is 5.73 Å². The van der Waals surface area contributed by atoms with E-state index in [0.717, 1.165) is 18.2 Å². The number of ketones is 1. The van der Waals surface area contributed by atoms with Crippen LogP contribution in [0.3, 0.4) is 0 Å². The molecule has 0 aliphatic heterocycles.